The van der Waals surface area contributed by atoms with E-state index in [0.717, 1.165) is 17.4 Å². The van der Waals surface area contributed by atoms with E-state index in [1.165, 1.54) is 24.0 Å². The van der Waals surface area contributed by atoms with Crippen molar-refractivity contribution in [3.63, 3.8) is 0 Å². The standard InChI is InChI=1S/C19H22ClN/c1-2-19(15-8-10-17(20)11-9-15)21-18-12-16(13-18)14-6-4-3-5-7-14/h3-11,16,18-19,21H,2,12-13H2,1H3. The zero-order valence-corrected chi connectivity index (χ0v) is 13.2. The van der Waals surface area contributed by atoms with Crippen molar-refractivity contribution in [3.05, 3.63) is 70.7 Å². The van der Waals surface area contributed by atoms with E-state index in [1.807, 2.05) is 12.1 Å². The van der Waals surface area contributed by atoms with Gasteiger partial charge in [-0.3, -0.25) is 0 Å². The largest absolute Gasteiger partial charge is 0.307 e. The second-order valence-corrected chi connectivity index (χ2v) is 6.39. The molecule has 110 valence electrons. The fourth-order valence-electron chi connectivity index (χ4n) is 3.18. The van der Waals surface area contributed by atoms with E-state index in [-0.39, 0.29) is 0 Å². The minimum Gasteiger partial charge on any atom is -0.307 e. The number of nitrogens with one attached hydrogen (secondary N) is 1. The molecule has 1 fully saturated rings. The number of halogens is 1. The lowest BCUT2D eigenvalue weighted by atomic mass is 9.75. The van der Waals surface area contributed by atoms with Crippen LogP contribution in [0.15, 0.2) is 54.6 Å². The lowest BCUT2D eigenvalue weighted by molar-refractivity contribution is 0.262. The van der Waals surface area contributed by atoms with E-state index in [4.69, 9.17) is 11.6 Å². The van der Waals surface area contributed by atoms with Crippen molar-refractivity contribution in [1.82, 2.24) is 5.32 Å². The minimum absolute atomic E-state index is 0.434. The van der Waals surface area contributed by atoms with Crippen LogP contribution >= 0.6 is 11.6 Å². The minimum atomic E-state index is 0.434. The Balaban J connectivity index is 1.56. The molecule has 2 aromatic carbocycles. The van der Waals surface area contributed by atoms with Gasteiger partial charge in [-0.25, -0.2) is 0 Å². The van der Waals surface area contributed by atoms with E-state index in [1.54, 1.807) is 0 Å². The van der Waals surface area contributed by atoms with E-state index in [2.05, 4.69) is 54.7 Å². The summed E-state index contributed by atoms with van der Waals surface area (Å²) in [4.78, 5) is 0. The highest BCUT2D eigenvalue weighted by molar-refractivity contribution is 6.30. The molecule has 1 unspecified atom stereocenters. The first-order valence-electron chi connectivity index (χ1n) is 7.82. The van der Waals surface area contributed by atoms with E-state index in [9.17, 15) is 0 Å². The van der Waals surface area contributed by atoms with Gasteiger partial charge >= 0.3 is 0 Å². The first-order chi connectivity index (χ1) is 10.3. The van der Waals surface area contributed by atoms with Gasteiger partial charge in [-0.05, 0) is 48.4 Å². The van der Waals surface area contributed by atoms with Crippen molar-refractivity contribution in [2.24, 2.45) is 0 Å². The molecular weight excluding hydrogens is 278 g/mol. The van der Waals surface area contributed by atoms with Crippen LogP contribution in [0.25, 0.3) is 0 Å². The van der Waals surface area contributed by atoms with Crippen LogP contribution in [0.4, 0.5) is 0 Å². The number of hydrogen-bond donors (Lipinski definition) is 1. The Morgan fingerprint density at radius 3 is 2.33 bits per heavy atom. The molecule has 0 heterocycles. The monoisotopic (exact) mass is 299 g/mol. The summed E-state index contributed by atoms with van der Waals surface area (Å²) < 4.78 is 0. The Morgan fingerprint density at radius 2 is 1.71 bits per heavy atom. The summed E-state index contributed by atoms with van der Waals surface area (Å²) in [6.45, 7) is 2.24. The van der Waals surface area contributed by atoms with E-state index >= 15 is 0 Å². The summed E-state index contributed by atoms with van der Waals surface area (Å²) in [6.07, 6.45) is 3.59. The quantitative estimate of drug-likeness (QED) is 0.787. The lowest BCUT2D eigenvalue weighted by Crippen LogP contribution is -2.41. The van der Waals surface area contributed by atoms with Gasteiger partial charge in [0, 0.05) is 17.1 Å². The normalized spacial score (nSPS) is 22.6. The molecule has 0 aromatic heterocycles. The van der Waals surface area contributed by atoms with Crippen LogP contribution in [0.5, 0.6) is 0 Å². The lowest BCUT2D eigenvalue weighted by Gasteiger charge is -2.39. The van der Waals surface area contributed by atoms with Crippen LogP contribution in [-0.2, 0) is 0 Å². The van der Waals surface area contributed by atoms with Gasteiger partial charge < -0.3 is 5.32 Å². The van der Waals surface area contributed by atoms with Gasteiger partial charge in [0.1, 0.15) is 0 Å². The molecule has 0 spiro atoms. The highest BCUT2D eigenvalue weighted by atomic mass is 35.5. The van der Waals surface area contributed by atoms with Gasteiger partial charge in [0.25, 0.3) is 0 Å². The summed E-state index contributed by atoms with van der Waals surface area (Å²) in [5.41, 5.74) is 2.82. The summed E-state index contributed by atoms with van der Waals surface area (Å²) >= 11 is 5.97. The molecule has 2 aromatic rings. The molecular formula is C19H22ClN. The maximum absolute atomic E-state index is 5.97. The number of rotatable bonds is 5. The highest BCUT2D eigenvalue weighted by Crippen LogP contribution is 2.38. The highest BCUT2D eigenvalue weighted by Gasteiger charge is 2.31. The molecule has 0 aliphatic heterocycles. The average molecular weight is 300 g/mol. The third-order valence-corrected chi connectivity index (χ3v) is 4.78. The van der Waals surface area contributed by atoms with Crippen molar-refractivity contribution >= 4 is 11.6 Å². The zero-order valence-electron chi connectivity index (χ0n) is 12.4. The molecule has 0 saturated heterocycles. The maximum atomic E-state index is 5.97. The maximum Gasteiger partial charge on any atom is 0.0406 e. The van der Waals surface area contributed by atoms with Crippen LogP contribution < -0.4 is 5.32 Å². The molecule has 0 amide bonds. The summed E-state index contributed by atoms with van der Waals surface area (Å²) in [5, 5.41) is 4.60. The smallest absolute Gasteiger partial charge is 0.0406 e. The topological polar surface area (TPSA) is 12.0 Å². The second-order valence-electron chi connectivity index (χ2n) is 5.95. The van der Waals surface area contributed by atoms with Gasteiger partial charge in [0.2, 0.25) is 0 Å². The second kappa shape index (κ2) is 6.64. The predicted molar refractivity (Wildman–Crippen MR) is 89.8 cm³/mol. The van der Waals surface area contributed by atoms with Crippen LogP contribution in [0.1, 0.15) is 49.3 Å². The van der Waals surface area contributed by atoms with E-state index in [0.29, 0.717) is 12.1 Å². The molecule has 0 bridgehead atoms. The van der Waals surface area contributed by atoms with Crippen LogP contribution in [0.2, 0.25) is 5.02 Å². The van der Waals surface area contributed by atoms with Crippen molar-refractivity contribution < 1.29 is 0 Å². The molecule has 0 radical (unpaired) electrons. The van der Waals surface area contributed by atoms with Gasteiger partial charge in [-0.2, -0.15) is 0 Å². The Hall–Kier alpha value is -1.31. The first kappa shape index (κ1) is 14.6. The van der Waals surface area contributed by atoms with Crippen molar-refractivity contribution in [2.45, 2.75) is 44.2 Å². The molecule has 2 heteroatoms. The van der Waals surface area contributed by atoms with Gasteiger partial charge in [0.15, 0.2) is 0 Å². The predicted octanol–water partition coefficient (Wildman–Crippen LogP) is 5.33. The van der Waals surface area contributed by atoms with Crippen molar-refractivity contribution in [2.75, 3.05) is 0 Å². The summed E-state index contributed by atoms with van der Waals surface area (Å²) in [7, 11) is 0. The van der Waals surface area contributed by atoms with Gasteiger partial charge in [-0.1, -0.05) is 61.0 Å². The van der Waals surface area contributed by atoms with Crippen LogP contribution in [0.3, 0.4) is 0 Å². The molecule has 1 aliphatic carbocycles. The zero-order chi connectivity index (χ0) is 14.7. The molecule has 1 atom stereocenters. The van der Waals surface area contributed by atoms with Crippen LogP contribution in [-0.4, -0.2) is 6.04 Å². The van der Waals surface area contributed by atoms with Gasteiger partial charge in [-0.15, -0.1) is 0 Å². The Kier molecular flexibility index (Phi) is 4.62. The van der Waals surface area contributed by atoms with Crippen LogP contribution in [0, 0.1) is 0 Å². The van der Waals surface area contributed by atoms with E-state index < -0.39 is 0 Å². The summed E-state index contributed by atoms with van der Waals surface area (Å²) in [6, 6.07) is 20.2. The van der Waals surface area contributed by atoms with Gasteiger partial charge in [0.05, 0.1) is 0 Å². The SMILES string of the molecule is CCC(NC1CC(c2ccccc2)C1)c1ccc(Cl)cc1. The fraction of sp³-hybridized carbons (Fsp3) is 0.368. The Morgan fingerprint density at radius 1 is 1.05 bits per heavy atom. The first-order valence-corrected chi connectivity index (χ1v) is 8.20. The molecule has 21 heavy (non-hydrogen) atoms. The van der Waals surface area contributed by atoms with Crippen molar-refractivity contribution in [3.8, 4) is 0 Å². The molecule has 1 aliphatic rings. The fourth-order valence-corrected chi connectivity index (χ4v) is 3.31. The third-order valence-electron chi connectivity index (χ3n) is 4.53. The number of benzene rings is 2. The summed E-state index contributed by atoms with van der Waals surface area (Å²) in [5.74, 6) is 0.728. The molecule has 1 N–H and O–H groups in total. The molecule has 1 saturated carbocycles. The Labute approximate surface area is 132 Å². The number of hydrogen-bond acceptors (Lipinski definition) is 1. The third kappa shape index (κ3) is 3.48. The Bertz CT molecular complexity index is 558. The van der Waals surface area contributed by atoms with Crippen molar-refractivity contribution in [1.29, 1.82) is 0 Å². The average Bonchev–Trinajstić information content (AvgIpc) is 2.48. The molecule has 1 nitrogen and oxygen atoms in total. The molecule has 3 rings (SSSR count).